The van der Waals surface area contributed by atoms with Gasteiger partial charge in [0.05, 0.1) is 17.4 Å². The number of nitrogens with one attached hydrogen (secondary N) is 1. The van der Waals surface area contributed by atoms with Crippen molar-refractivity contribution < 1.29 is 4.79 Å². The maximum absolute atomic E-state index is 12.8. The van der Waals surface area contributed by atoms with E-state index < -0.39 is 0 Å². The van der Waals surface area contributed by atoms with Crippen molar-refractivity contribution >= 4 is 16.8 Å². The Morgan fingerprint density at radius 1 is 1.12 bits per heavy atom. The predicted octanol–water partition coefficient (Wildman–Crippen LogP) is 3.20. The van der Waals surface area contributed by atoms with E-state index in [1.54, 1.807) is 23.1 Å². The van der Waals surface area contributed by atoms with E-state index >= 15 is 0 Å². The lowest BCUT2D eigenvalue weighted by Crippen LogP contribution is -2.32. The van der Waals surface area contributed by atoms with E-state index in [-0.39, 0.29) is 18.0 Å². The number of benzene rings is 2. The second-order valence-electron chi connectivity index (χ2n) is 6.23. The number of aromatic nitrogens is 2. The normalized spacial score (nSPS) is 10.8. The number of carbonyl (C=O) groups excluding carboxylic acids is 1. The van der Waals surface area contributed by atoms with E-state index in [2.05, 4.69) is 9.97 Å². The molecule has 0 aliphatic carbocycles. The molecule has 128 valence electrons. The van der Waals surface area contributed by atoms with E-state index in [1.165, 1.54) is 0 Å². The molecule has 25 heavy (non-hydrogen) atoms. The van der Waals surface area contributed by atoms with Gasteiger partial charge < -0.3 is 9.88 Å². The summed E-state index contributed by atoms with van der Waals surface area (Å²) in [7, 11) is 0. The standard InChI is InChI=1S/C20H21N3O2/c1-4-23(20(25)15-10-13(2)9-14(3)11-15)12-18-21-17-8-6-5-7-16(17)19(24)22-18/h5-11H,4,12H2,1-3H3,(H,21,22,24). The second-order valence-corrected chi connectivity index (χ2v) is 6.23. The smallest absolute Gasteiger partial charge is 0.258 e. The fraction of sp³-hybridized carbons (Fsp3) is 0.250. The van der Waals surface area contributed by atoms with Crippen LogP contribution in [0, 0.1) is 13.8 Å². The number of aryl methyl sites for hydroxylation is 2. The highest BCUT2D eigenvalue weighted by Gasteiger charge is 2.17. The molecule has 0 fully saturated rings. The monoisotopic (exact) mass is 335 g/mol. The first-order valence-electron chi connectivity index (χ1n) is 8.33. The Balaban J connectivity index is 1.92. The number of carbonyl (C=O) groups is 1. The molecule has 0 saturated carbocycles. The third-order valence-corrected chi connectivity index (χ3v) is 4.14. The Kier molecular flexibility index (Phi) is 4.65. The molecule has 0 bridgehead atoms. The first-order chi connectivity index (χ1) is 12.0. The summed E-state index contributed by atoms with van der Waals surface area (Å²) in [6, 6.07) is 13.0. The summed E-state index contributed by atoms with van der Waals surface area (Å²) in [4.78, 5) is 34.0. The van der Waals surface area contributed by atoms with Gasteiger partial charge >= 0.3 is 0 Å². The summed E-state index contributed by atoms with van der Waals surface area (Å²) in [5.74, 6) is 0.424. The van der Waals surface area contributed by atoms with Crippen LogP contribution in [0.5, 0.6) is 0 Å². The molecular weight excluding hydrogens is 314 g/mol. The van der Waals surface area contributed by atoms with Gasteiger partial charge in [-0.3, -0.25) is 9.59 Å². The van der Waals surface area contributed by atoms with Gasteiger partial charge in [0.15, 0.2) is 0 Å². The number of rotatable bonds is 4. The van der Waals surface area contributed by atoms with Crippen molar-refractivity contribution in [3.63, 3.8) is 0 Å². The molecule has 1 aromatic heterocycles. The number of fused-ring (bicyclic) bond motifs is 1. The zero-order valence-electron chi connectivity index (χ0n) is 14.7. The van der Waals surface area contributed by atoms with Crippen molar-refractivity contribution in [3.8, 4) is 0 Å². The molecule has 5 nitrogen and oxygen atoms in total. The summed E-state index contributed by atoms with van der Waals surface area (Å²) in [6.45, 7) is 6.66. The van der Waals surface area contributed by atoms with Crippen LogP contribution < -0.4 is 5.56 Å². The van der Waals surface area contributed by atoms with Gasteiger partial charge in [-0.15, -0.1) is 0 Å². The highest BCUT2D eigenvalue weighted by Crippen LogP contribution is 2.13. The topological polar surface area (TPSA) is 66.1 Å². The summed E-state index contributed by atoms with van der Waals surface area (Å²) < 4.78 is 0. The van der Waals surface area contributed by atoms with Gasteiger partial charge in [-0.2, -0.15) is 0 Å². The molecular formula is C20H21N3O2. The van der Waals surface area contributed by atoms with Crippen molar-refractivity contribution in [2.75, 3.05) is 6.54 Å². The minimum absolute atomic E-state index is 0.0647. The zero-order valence-corrected chi connectivity index (χ0v) is 14.7. The van der Waals surface area contributed by atoms with E-state index in [0.717, 1.165) is 11.1 Å². The Morgan fingerprint density at radius 2 is 1.80 bits per heavy atom. The number of para-hydroxylation sites is 1. The largest absolute Gasteiger partial charge is 0.331 e. The van der Waals surface area contributed by atoms with Crippen LogP contribution >= 0.6 is 0 Å². The summed E-state index contributed by atoms with van der Waals surface area (Å²) in [5, 5.41) is 0.551. The van der Waals surface area contributed by atoms with Gasteiger partial charge in [-0.05, 0) is 45.0 Å². The van der Waals surface area contributed by atoms with Crippen LogP contribution in [0.2, 0.25) is 0 Å². The van der Waals surface area contributed by atoms with Gasteiger partial charge in [0.2, 0.25) is 0 Å². The Bertz CT molecular complexity index is 971. The first-order valence-corrected chi connectivity index (χ1v) is 8.33. The second kappa shape index (κ2) is 6.89. The van der Waals surface area contributed by atoms with Gasteiger partial charge in [0, 0.05) is 12.1 Å². The molecule has 0 radical (unpaired) electrons. The van der Waals surface area contributed by atoms with Crippen LogP contribution in [0.4, 0.5) is 0 Å². The molecule has 2 aromatic carbocycles. The van der Waals surface area contributed by atoms with E-state index in [1.807, 2.05) is 45.0 Å². The molecule has 1 N–H and O–H groups in total. The van der Waals surface area contributed by atoms with Crippen LogP contribution in [0.15, 0.2) is 47.3 Å². The lowest BCUT2D eigenvalue weighted by Gasteiger charge is -2.21. The van der Waals surface area contributed by atoms with Crippen molar-refractivity contribution in [2.45, 2.75) is 27.3 Å². The highest BCUT2D eigenvalue weighted by molar-refractivity contribution is 5.94. The zero-order chi connectivity index (χ0) is 18.0. The lowest BCUT2D eigenvalue weighted by molar-refractivity contribution is 0.0748. The van der Waals surface area contributed by atoms with Crippen LogP contribution in [-0.2, 0) is 6.54 Å². The first kappa shape index (κ1) is 16.9. The third-order valence-electron chi connectivity index (χ3n) is 4.14. The Labute approximate surface area is 146 Å². The quantitative estimate of drug-likeness (QED) is 0.796. The summed E-state index contributed by atoms with van der Waals surface area (Å²) >= 11 is 0. The van der Waals surface area contributed by atoms with E-state index in [9.17, 15) is 9.59 Å². The average Bonchev–Trinajstić information content (AvgIpc) is 2.58. The van der Waals surface area contributed by atoms with Crippen LogP contribution in [-0.4, -0.2) is 27.3 Å². The number of hydrogen-bond donors (Lipinski definition) is 1. The molecule has 3 aromatic rings. The van der Waals surface area contributed by atoms with Gasteiger partial charge in [0.1, 0.15) is 5.82 Å². The minimum Gasteiger partial charge on any atom is -0.331 e. The van der Waals surface area contributed by atoms with Gasteiger partial charge in [-0.1, -0.05) is 29.3 Å². The third kappa shape index (κ3) is 3.60. The number of hydrogen-bond acceptors (Lipinski definition) is 3. The molecule has 0 unspecified atom stereocenters. The van der Waals surface area contributed by atoms with Gasteiger partial charge in [-0.25, -0.2) is 4.98 Å². The van der Waals surface area contributed by atoms with E-state index in [4.69, 9.17) is 0 Å². The molecule has 0 atom stereocenters. The van der Waals surface area contributed by atoms with Crippen LogP contribution in [0.1, 0.15) is 34.2 Å². The summed E-state index contributed by atoms with van der Waals surface area (Å²) in [6.07, 6.45) is 0. The summed E-state index contributed by atoms with van der Waals surface area (Å²) in [5.41, 5.74) is 3.21. The number of H-pyrrole nitrogens is 1. The van der Waals surface area contributed by atoms with Crippen molar-refractivity contribution in [1.82, 2.24) is 14.9 Å². The number of nitrogens with zero attached hydrogens (tertiary/aromatic N) is 2. The molecule has 5 heteroatoms. The SMILES string of the molecule is CCN(Cc1nc2ccccc2c(=O)[nH]1)C(=O)c1cc(C)cc(C)c1. The molecule has 0 saturated heterocycles. The molecule has 0 aliphatic rings. The molecule has 1 amide bonds. The molecule has 1 heterocycles. The Morgan fingerprint density at radius 3 is 2.48 bits per heavy atom. The maximum atomic E-state index is 12.8. The molecule has 0 spiro atoms. The van der Waals surface area contributed by atoms with Crippen LogP contribution in [0.25, 0.3) is 10.9 Å². The van der Waals surface area contributed by atoms with E-state index in [0.29, 0.717) is 28.8 Å². The van der Waals surface area contributed by atoms with Gasteiger partial charge in [0.25, 0.3) is 11.5 Å². The fourth-order valence-corrected chi connectivity index (χ4v) is 3.00. The van der Waals surface area contributed by atoms with Crippen molar-refractivity contribution in [2.24, 2.45) is 0 Å². The average molecular weight is 335 g/mol. The van der Waals surface area contributed by atoms with Crippen LogP contribution in [0.3, 0.4) is 0 Å². The maximum Gasteiger partial charge on any atom is 0.258 e. The van der Waals surface area contributed by atoms with Crippen molar-refractivity contribution in [1.29, 1.82) is 0 Å². The van der Waals surface area contributed by atoms with Crippen molar-refractivity contribution in [3.05, 3.63) is 75.3 Å². The lowest BCUT2D eigenvalue weighted by atomic mass is 10.1. The fourth-order valence-electron chi connectivity index (χ4n) is 3.00. The number of aromatic amines is 1. The minimum atomic E-state index is -0.185. The predicted molar refractivity (Wildman–Crippen MR) is 98.7 cm³/mol. The Hall–Kier alpha value is -2.95. The molecule has 3 rings (SSSR count). The highest BCUT2D eigenvalue weighted by atomic mass is 16.2. The number of amides is 1. The molecule has 0 aliphatic heterocycles.